The summed E-state index contributed by atoms with van der Waals surface area (Å²) in [6, 6.07) is 15.3. The molecule has 2 aromatic rings. The molecule has 25 heavy (non-hydrogen) atoms. The molecule has 6 heteroatoms. The van der Waals surface area contributed by atoms with E-state index >= 15 is 0 Å². The Bertz CT molecular complexity index is 719. The second-order valence-electron chi connectivity index (χ2n) is 6.03. The quantitative estimate of drug-likeness (QED) is 0.876. The van der Waals surface area contributed by atoms with Crippen molar-refractivity contribution in [1.82, 2.24) is 4.90 Å². The number of rotatable bonds is 4. The Balaban J connectivity index is 1.62. The first-order chi connectivity index (χ1) is 12.2. The molecule has 3 N–H and O–H groups in total. The molecule has 0 radical (unpaired) electrons. The van der Waals surface area contributed by atoms with Crippen LogP contribution < -0.4 is 11.1 Å². The van der Waals surface area contributed by atoms with Crippen LogP contribution in [0.5, 0.6) is 0 Å². The molecule has 1 heterocycles. The van der Waals surface area contributed by atoms with Gasteiger partial charge in [-0.1, -0.05) is 35.9 Å². The second-order valence-corrected chi connectivity index (χ2v) is 6.47. The lowest BCUT2D eigenvalue weighted by Gasteiger charge is -2.32. The summed E-state index contributed by atoms with van der Waals surface area (Å²) in [5, 5.41) is 3.64. The molecule has 1 aliphatic heterocycles. The van der Waals surface area contributed by atoms with Crippen LogP contribution in [0.15, 0.2) is 48.5 Å². The average molecular weight is 360 g/mol. The molecule has 0 bridgehead atoms. The van der Waals surface area contributed by atoms with Gasteiger partial charge in [-0.05, 0) is 48.4 Å². The highest BCUT2D eigenvalue weighted by molar-refractivity contribution is 6.30. The van der Waals surface area contributed by atoms with E-state index in [0.717, 1.165) is 23.2 Å². The summed E-state index contributed by atoms with van der Waals surface area (Å²) in [5.74, 6) is 0. The molecular formula is C19H22ClN3O2. The van der Waals surface area contributed by atoms with E-state index in [4.69, 9.17) is 22.1 Å². The highest BCUT2D eigenvalue weighted by atomic mass is 35.5. The van der Waals surface area contributed by atoms with E-state index in [-0.39, 0.29) is 12.1 Å². The van der Waals surface area contributed by atoms with E-state index in [1.807, 2.05) is 48.5 Å². The Kier molecular flexibility index (Phi) is 5.91. The van der Waals surface area contributed by atoms with Gasteiger partial charge in [-0.15, -0.1) is 0 Å². The maximum Gasteiger partial charge on any atom is 0.322 e. The highest BCUT2D eigenvalue weighted by Crippen LogP contribution is 2.24. The van der Waals surface area contributed by atoms with Crippen LogP contribution in [-0.2, 0) is 4.74 Å². The number of urea groups is 1. The Morgan fingerprint density at radius 3 is 2.76 bits per heavy atom. The Morgan fingerprint density at radius 1 is 1.24 bits per heavy atom. The van der Waals surface area contributed by atoms with Crippen molar-refractivity contribution in [2.24, 2.45) is 5.73 Å². The largest absolute Gasteiger partial charge is 0.374 e. The van der Waals surface area contributed by atoms with Crippen molar-refractivity contribution in [2.75, 3.05) is 31.6 Å². The summed E-state index contributed by atoms with van der Waals surface area (Å²) in [7, 11) is 0. The first kappa shape index (κ1) is 17.7. The first-order valence-electron chi connectivity index (χ1n) is 8.39. The topological polar surface area (TPSA) is 67.6 Å². The lowest BCUT2D eigenvalue weighted by molar-refractivity contribution is -0.0146. The van der Waals surface area contributed by atoms with Gasteiger partial charge in [0.1, 0.15) is 0 Å². The molecule has 5 nitrogen and oxygen atoms in total. The number of amides is 2. The van der Waals surface area contributed by atoms with Crippen LogP contribution in [-0.4, -0.2) is 43.3 Å². The first-order valence-corrected chi connectivity index (χ1v) is 8.77. The number of carbonyl (C=O) groups excluding carboxylic acids is 1. The van der Waals surface area contributed by atoms with E-state index in [2.05, 4.69) is 5.32 Å². The van der Waals surface area contributed by atoms with Gasteiger partial charge >= 0.3 is 6.03 Å². The third-order valence-corrected chi connectivity index (χ3v) is 4.44. The number of carbonyl (C=O) groups is 1. The number of morpholine rings is 1. The van der Waals surface area contributed by atoms with Crippen LogP contribution >= 0.6 is 11.6 Å². The van der Waals surface area contributed by atoms with Crippen LogP contribution in [0.1, 0.15) is 6.42 Å². The standard InChI is InChI=1S/C19H22ClN3O2/c20-16-3-1-2-15(12-16)14-4-6-17(7-5-14)22-19(24)23-10-11-25-18(13-23)8-9-21/h1-7,12,18H,8-11,13,21H2,(H,22,24). The fraction of sp³-hybridized carbons (Fsp3) is 0.316. The molecular weight excluding hydrogens is 338 g/mol. The number of nitrogens with zero attached hydrogens (tertiary/aromatic N) is 1. The predicted molar refractivity (Wildman–Crippen MR) is 101 cm³/mol. The lowest BCUT2D eigenvalue weighted by atomic mass is 10.1. The average Bonchev–Trinajstić information content (AvgIpc) is 2.63. The van der Waals surface area contributed by atoms with E-state index in [1.165, 1.54) is 0 Å². The van der Waals surface area contributed by atoms with Gasteiger partial charge in [0.05, 0.1) is 12.7 Å². The monoisotopic (exact) mass is 359 g/mol. The summed E-state index contributed by atoms with van der Waals surface area (Å²) in [6.07, 6.45) is 0.785. The third kappa shape index (κ3) is 4.72. The summed E-state index contributed by atoms with van der Waals surface area (Å²) in [4.78, 5) is 14.2. The van der Waals surface area contributed by atoms with Crippen molar-refractivity contribution in [2.45, 2.75) is 12.5 Å². The number of nitrogens with one attached hydrogen (secondary N) is 1. The van der Waals surface area contributed by atoms with Crippen molar-refractivity contribution in [1.29, 1.82) is 0 Å². The molecule has 0 saturated carbocycles. The summed E-state index contributed by atoms with van der Waals surface area (Å²) in [6.45, 7) is 2.27. The van der Waals surface area contributed by atoms with Gasteiger partial charge in [-0.2, -0.15) is 0 Å². The molecule has 132 valence electrons. The van der Waals surface area contributed by atoms with Gasteiger partial charge in [0, 0.05) is 23.8 Å². The second kappa shape index (κ2) is 8.34. The molecule has 1 saturated heterocycles. The maximum absolute atomic E-state index is 12.4. The Morgan fingerprint density at radius 2 is 2.04 bits per heavy atom. The van der Waals surface area contributed by atoms with Crippen LogP contribution in [0, 0.1) is 0 Å². The van der Waals surface area contributed by atoms with E-state index in [0.29, 0.717) is 31.3 Å². The third-order valence-electron chi connectivity index (χ3n) is 4.21. The lowest BCUT2D eigenvalue weighted by Crippen LogP contribution is -2.47. The molecule has 1 atom stereocenters. The van der Waals surface area contributed by atoms with Crippen molar-refractivity contribution >= 4 is 23.3 Å². The van der Waals surface area contributed by atoms with Crippen LogP contribution in [0.25, 0.3) is 11.1 Å². The van der Waals surface area contributed by atoms with Gasteiger partial charge in [-0.25, -0.2) is 4.79 Å². The number of ether oxygens (including phenoxy) is 1. The molecule has 0 spiro atoms. The number of hydrogen-bond donors (Lipinski definition) is 2. The van der Waals surface area contributed by atoms with Crippen molar-refractivity contribution < 1.29 is 9.53 Å². The van der Waals surface area contributed by atoms with Crippen molar-refractivity contribution in [3.05, 3.63) is 53.6 Å². The molecule has 0 aromatic heterocycles. The van der Waals surface area contributed by atoms with Crippen LogP contribution in [0.4, 0.5) is 10.5 Å². The van der Waals surface area contributed by atoms with E-state index in [9.17, 15) is 4.79 Å². The minimum atomic E-state index is -0.110. The fourth-order valence-electron chi connectivity index (χ4n) is 2.88. The normalized spacial score (nSPS) is 17.4. The number of nitrogens with two attached hydrogens (primary N) is 1. The van der Waals surface area contributed by atoms with Crippen LogP contribution in [0.3, 0.4) is 0 Å². The minimum absolute atomic E-state index is 0.0229. The minimum Gasteiger partial charge on any atom is -0.374 e. The zero-order chi connectivity index (χ0) is 17.6. The summed E-state index contributed by atoms with van der Waals surface area (Å²) in [5.41, 5.74) is 8.43. The molecule has 2 aromatic carbocycles. The van der Waals surface area contributed by atoms with Gasteiger partial charge in [0.2, 0.25) is 0 Å². The molecule has 3 rings (SSSR count). The molecule has 1 unspecified atom stereocenters. The van der Waals surface area contributed by atoms with Crippen LogP contribution in [0.2, 0.25) is 5.02 Å². The van der Waals surface area contributed by atoms with Crippen molar-refractivity contribution in [3.63, 3.8) is 0 Å². The van der Waals surface area contributed by atoms with E-state index in [1.54, 1.807) is 4.90 Å². The fourth-order valence-corrected chi connectivity index (χ4v) is 3.07. The SMILES string of the molecule is NCCC1CN(C(=O)Nc2ccc(-c3cccc(Cl)c3)cc2)CCO1. The van der Waals surface area contributed by atoms with Gasteiger partial charge in [0.25, 0.3) is 0 Å². The molecule has 1 aliphatic rings. The molecule has 2 amide bonds. The summed E-state index contributed by atoms with van der Waals surface area (Å²) >= 11 is 6.03. The Labute approximate surface area is 152 Å². The highest BCUT2D eigenvalue weighted by Gasteiger charge is 2.23. The van der Waals surface area contributed by atoms with Gasteiger partial charge in [0.15, 0.2) is 0 Å². The van der Waals surface area contributed by atoms with Gasteiger partial charge in [-0.3, -0.25) is 0 Å². The molecule has 0 aliphatic carbocycles. The number of benzene rings is 2. The zero-order valence-electron chi connectivity index (χ0n) is 14.0. The molecule has 1 fully saturated rings. The smallest absolute Gasteiger partial charge is 0.322 e. The zero-order valence-corrected chi connectivity index (χ0v) is 14.7. The Hall–Kier alpha value is -2.08. The summed E-state index contributed by atoms with van der Waals surface area (Å²) < 4.78 is 5.61. The van der Waals surface area contributed by atoms with Crippen molar-refractivity contribution in [3.8, 4) is 11.1 Å². The van der Waals surface area contributed by atoms with E-state index < -0.39 is 0 Å². The number of hydrogen-bond acceptors (Lipinski definition) is 3. The number of anilines is 1. The number of halogens is 1. The predicted octanol–water partition coefficient (Wildman–Crippen LogP) is 3.59. The van der Waals surface area contributed by atoms with Gasteiger partial charge < -0.3 is 20.7 Å². The maximum atomic E-state index is 12.4.